The molecule has 8 nitrogen and oxygen atoms in total. The molecule has 11 heteroatoms. The summed E-state index contributed by atoms with van der Waals surface area (Å²) in [5, 5.41) is 0. The Morgan fingerprint density at radius 2 is 1.94 bits per heavy atom. The van der Waals surface area contributed by atoms with Gasteiger partial charge in [-0.1, -0.05) is 6.92 Å². The zero-order valence-corrected chi connectivity index (χ0v) is 20.1. The zero-order valence-electron chi connectivity index (χ0n) is 19.3. The first-order valence-corrected chi connectivity index (χ1v) is 12.4. The number of aromatic amines is 1. The fourth-order valence-corrected chi connectivity index (χ4v) is 5.16. The molecule has 0 saturated carbocycles. The molecule has 1 aromatic carbocycles. The summed E-state index contributed by atoms with van der Waals surface area (Å²) in [7, 11) is -4.48. The molecule has 1 aliphatic heterocycles. The van der Waals surface area contributed by atoms with Gasteiger partial charge < -0.3 is 9.88 Å². The van der Waals surface area contributed by atoms with Crippen LogP contribution in [0, 0.1) is 17.6 Å². The lowest BCUT2D eigenvalue weighted by molar-refractivity contribution is 0.0981. The highest BCUT2D eigenvalue weighted by Crippen LogP contribution is 2.39. The van der Waals surface area contributed by atoms with Crippen molar-refractivity contribution in [3.8, 4) is 11.3 Å². The predicted molar refractivity (Wildman–Crippen MR) is 127 cm³/mol. The predicted octanol–water partition coefficient (Wildman–Crippen LogP) is 3.46. The average Bonchev–Trinajstić information content (AvgIpc) is 3.05. The molecule has 1 amide bonds. The molecule has 3 heterocycles. The molecule has 0 bridgehead atoms. The Morgan fingerprint density at radius 1 is 1.20 bits per heavy atom. The number of amides is 1. The Kier molecular flexibility index (Phi) is 6.22. The number of rotatable bonds is 5. The van der Waals surface area contributed by atoms with Crippen LogP contribution in [0.25, 0.3) is 11.3 Å². The fourth-order valence-electron chi connectivity index (χ4n) is 4.14. The van der Waals surface area contributed by atoms with Gasteiger partial charge in [0.05, 0.1) is 11.3 Å². The van der Waals surface area contributed by atoms with Crippen molar-refractivity contribution >= 4 is 21.7 Å². The lowest BCUT2D eigenvalue weighted by Crippen LogP contribution is -2.44. The van der Waals surface area contributed by atoms with Gasteiger partial charge in [0.2, 0.25) is 0 Å². The van der Waals surface area contributed by atoms with E-state index in [-0.39, 0.29) is 28.6 Å². The number of hydrogen-bond acceptors (Lipinski definition) is 6. The van der Waals surface area contributed by atoms with Crippen molar-refractivity contribution in [2.24, 2.45) is 5.92 Å². The molecule has 2 N–H and O–H groups in total. The van der Waals surface area contributed by atoms with Gasteiger partial charge in [-0.15, -0.1) is 0 Å². The van der Waals surface area contributed by atoms with E-state index in [4.69, 9.17) is 0 Å². The second-order valence-corrected chi connectivity index (χ2v) is 10.6. The molecule has 0 radical (unpaired) electrons. The van der Waals surface area contributed by atoms with E-state index in [1.807, 2.05) is 23.5 Å². The van der Waals surface area contributed by atoms with Crippen LogP contribution < -0.4 is 15.2 Å². The number of pyridine rings is 2. The average molecular weight is 503 g/mol. The van der Waals surface area contributed by atoms with Crippen molar-refractivity contribution in [2.45, 2.75) is 37.6 Å². The molecule has 35 heavy (non-hydrogen) atoms. The molecule has 4 rings (SSSR count). The van der Waals surface area contributed by atoms with Crippen LogP contribution in [0.2, 0.25) is 0 Å². The highest BCUT2D eigenvalue weighted by Gasteiger charge is 2.41. The Balaban J connectivity index is 1.81. The number of anilines is 1. The topological polar surface area (TPSA) is 112 Å². The number of H-pyrrole nitrogens is 1. The van der Waals surface area contributed by atoms with E-state index in [1.165, 1.54) is 30.5 Å². The highest BCUT2D eigenvalue weighted by molar-refractivity contribution is 7.90. The van der Waals surface area contributed by atoms with Crippen molar-refractivity contribution in [3.05, 3.63) is 76.2 Å². The smallest absolute Gasteiger partial charge is 0.269 e. The lowest BCUT2D eigenvalue weighted by Gasteiger charge is -2.36. The Labute approximate surface area is 201 Å². The molecule has 0 aliphatic carbocycles. The normalized spacial score (nSPS) is 17.4. The number of benzene rings is 1. The first-order valence-electron chi connectivity index (χ1n) is 10.9. The van der Waals surface area contributed by atoms with Gasteiger partial charge in [-0.25, -0.2) is 26.9 Å². The van der Waals surface area contributed by atoms with E-state index in [0.29, 0.717) is 6.54 Å². The first-order chi connectivity index (χ1) is 16.4. The molecule has 3 aromatic rings. The quantitative estimate of drug-likeness (QED) is 0.553. The van der Waals surface area contributed by atoms with Gasteiger partial charge in [-0.05, 0) is 62.6 Å². The van der Waals surface area contributed by atoms with Crippen LogP contribution in [0.4, 0.5) is 14.6 Å². The standard InChI is InChI=1S/C24H24F2N4O4S/c1-14-10-12-30(24(14,2)3)21-17(8-9-19(28-21)16-7-6-15(25)13-18(16)26)22(31)29-35(33,34)20-5-4-11-27-23(20)32/h4-9,11,13-14H,10,12H2,1-3H3,(H,27,32)(H,29,31). The molecular formula is C24H24F2N4O4S. The summed E-state index contributed by atoms with van der Waals surface area (Å²) < 4.78 is 55.3. The number of halogens is 2. The monoisotopic (exact) mass is 502 g/mol. The third-order valence-corrected chi connectivity index (χ3v) is 7.92. The maximum absolute atomic E-state index is 14.5. The van der Waals surface area contributed by atoms with Gasteiger partial charge in [0.25, 0.3) is 21.5 Å². The summed E-state index contributed by atoms with van der Waals surface area (Å²) in [5.41, 5.74) is -1.19. The van der Waals surface area contributed by atoms with E-state index in [9.17, 15) is 26.8 Å². The molecule has 1 atom stereocenters. The molecule has 1 aliphatic rings. The summed E-state index contributed by atoms with van der Waals surface area (Å²) in [6.07, 6.45) is 2.07. The molecule has 1 fully saturated rings. The number of hydrogen-bond donors (Lipinski definition) is 2. The minimum absolute atomic E-state index is 0.0353. The van der Waals surface area contributed by atoms with E-state index >= 15 is 0 Å². The zero-order chi connectivity index (χ0) is 25.5. The number of sulfonamides is 1. The van der Waals surface area contributed by atoms with Gasteiger partial charge in [0.1, 0.15) is 17.5 Å². The third kappa shape index (κ3) is 4.55. The van der Waals surface area contributed by atoms with Crippen molar-refractivity contribution in [3.63, 3.8) is 0 Å². The van der Waals surface area contributed by atoms with Crippen molar-refractivity contribution in [1.29, 1.82) is 0 Å². The number of nitrogens with zero attached hydrogens (tertiary/aromatic N) is 2. The van der Waals surface area contributed by atoms with Crippen LogP contribution in [0.1, 0.15) is 37.6 Å². The fraction of sp³-hybridized carbons (Fsp3) is 0.292. The summed E-state index contributed by atoms with van der Waals surface area (Å²) in [5.74, 6) is -2.16. The van der Waals surface area contributed by atoms with Crippen LogP contribution in [0.15, 0.2) is 58.4 Å². The van der Waals surface area contributed by atoms with Crippen LogP contribution in [0.5, 0.6) is 0 Å². The summed E-state index contributed by atoms with van der Waals surface area (Å²) in [6, 6.07) is 8.21. The van der Waals surface area contributed by atoms with E-state index in [2.05, 4.69) is 16.9 Å². The number of aromatic nitrogens is 2. The van der Waals surface area contributed by atoms with E-state index < -0.39 is 43.6 Å². The van der Waals surface area contributed by atoms with Gasteiger partial charge in [-0.3, -0.25) is 9.59 Å². The van der Waals surface area contributed by atoms with Crippen molar-refractivity contribution in [2.75, 3.05) is 11.4 Å². The maximum Gasteiger partial charge on any atom is 0.269 e. The molecule has 1 unspecified atom stereocenters. The maximum atomic E-state index is 14.5. The third-order valence-electron chi connectivity index (χ3n) is 6.57. The molecule has 2 aromatic heterocycles. The van der Waals surface area contributed by atoms with Crippen LogP contribution in [-0.2, 0) is 10.0 Å². The van der Waals surface area contributed by atoms with E-state index in [0.717, 1.165) is 24.6 Å². The molecule has 184 valence electrons. The molecule has 0 spiro atoms. The second-order valence-electron chi connectivity index (χ2n) is 8.98. The van der Waals surface area contributed by atoms with Crippen LogP contribution in [-0.4, -0.2) is 36.4 Å². The van der Waals surface area contributed by atoms with Gasteiger partial charge in [-0.2, -0.15) is 0 Å². The minimum Gasteiger partial charge on any atom is -0.351 e. The van der Waals surface area contributed by atoms with Crippen molar-refractivity contribution in [1.82, 2.24) is 14.7 Å². The number of carbonyl (C=O) groups is 1. The SMILES string of the molecule is CC1CCN(c2nc(-c3ccc(F)cc3F)ccc2C(=O)NS(=O)(=O)c2ccc[nH]c2=O)C1(C)C. The number of carbonyl (C=O) groups excluding carboxylic acids is 1. The molecule has 1 saturated heterocycles. The summed E-state index contributed by atoms with van der Waals surface area (Å²) in [4.78, 5) is 33.2. The van der Waals surface area contributed by atoms with Crippen LogP contribution in [0.3, 0.4) is 0 Å². The minimum atomic E-state index is -4.48. The first kappa shape index (κ1) is 24.5. The molecular weight excluding hydrogens is 478 g/mol. The number of nitrogens with one attached hydrogen (secondary N) is 2. The Bertz CT molecular complexity index is 1470. The lowest BCUT2D eigenvalue weighted by atomic mass is 9.90. The van der Waals surface area contributed by atoms with E-state index in [1.54, 1.807) is 0 Å². The van der Waals surface area contributed by atoms with Gasteiger partial charge >= 0.3 is 0 Å². The van der Waals surface area contributed by atoms with Gasteiger partial charge in [0, 0.05) is 29.9 Å². The second kappa shape index (κ2) is 8.88. The van der Waals surface area contributed by atoms with Crippen molar-refractivity contribution < 1.29 is 22.0 Å². The Hall–Kier alpha value is -3.60. The Morgan fingerprint density at radius 3 is 2.57 bits per heavy atom. The van der Waals surface area contributed by atoms with Crippen LogP contribution >= 0.6 is 0 Å². The largest absolute Gasteiger partial charge is 0.351 e. The van der Waals surface area contributed by atoms with Gasteiger partial charge in [0.15, 0.2) is 4.90 Å². The summed E-state index contributed by atoms with van der Waals surface area (Å²) >= 11 is 0. The highest BCUT2D eigenvalue weighted by atomic mass is 32.2. The summed E-state index contributed by atoms with van der Waals surface area (Å²) in [6.45, 7) is 6.52.